The molecule has 0 spiro atoms. The van der Waals surface area contributed by atoms with Gasteiger partial charge in [0.1, 0.15) is 5.03 Å². The Morgan fingerprint density at radius 2 is 2.00 bits per heavy atom. The van der Waals surface area contributed by atoms with E-state index in [4.69, 9.17) is 5.73 Å². The molecule has 0 atom stereocenters. The van der Waals surface area contributed by atoms with E-state index in [1.807, 2.05) is 36.9 Å². The summed E-state index contributed by atoms with van der Waals surface area (Å²) in [6.45, 7) is 1.92. The largest absolute Gasteiger partial charge is 0.395 e. The van der Waals surface area contributed by atoms with Crippen molar-refractivity contribution in [3.63, 3.8) is 0 Å². The molecule has 2 rings (SSSR count). The van der Waals surface area contributed by atoms with Gasteiger partial charge in [0.2, 0.25) is 0 Å². The summed E-state index contributed by atoms with van der Waals surface area (Å²) in [5.74, 6) is 0. The molecule has 17 heavy (non-hydrogen) atoms. The van der Waals surface area contributed by atoms with Crippen LogP contribution in [0, 0.1) is 6.92 Å². The lowest BCUT2D eigenvalue weighted by Crippen LogP contribution is -1.93. The quantitative estimate of drug-likeness (QED) is 0.911. The Morgan fingerprint density at radius 1 is 1.35 bits per heavy atom. The second kappa shape index (κ2) is 5.80. The molecule has 2 aromatic rings. The van der Waals surface area contributed by atoms with Crippen LogP contribution in [-0.4, -0.2) is 9.78 Å². The van der Waals surface area contributed by atoms with Crippen LogP contribution in [0.5, 0.6) is 0 Å². The summed E-state index contributed by atoms with van der Waals surface area (Å²) in [6, 6.07) is 8.07. The summed E-state index contributed by atoms with van der Waals surface area (Å²) in [4.78, 5) is 1.14. The van der Waals surface area contributed by atoms with Gasteiger partial charge in [-0.25, -0.2) is 0 Å². The molecule has 6 heteroatoms. The maximum atomic E-state index is 5.98. The number of hydrogen-bond acceptors (Lipinski definition) is 3. The summed E-state index contributed by atoms with van der Waals surface area (Å²) < 4.78 is 2.88. The second-order valence-corrected chi connectivity index (χ2v) is 5.35. The first-order valence-electron chi connectivity index (χ1n) is 4.81. The fraction of sp³-hybridized carbons (Fsp3) is 0.182. The molecule has 3 nitrogen and oxygen atoms in total. The highest BCUT2D eigenvalue weighted by Gasteiger charge is 2.12. The van der Waals surface area contributed by atoms with E-state index in [0.29, 0.717) is 0 Å². The molecule has 0 aliphatic heterocycles. The summed E-state index contributed by atoms with van der Waals surface area (Å²) in [5, 5.41) is 5.27. The molecule has 0 amide bonds. The number of benzene rings is 1. The van der Waals surface area contributed by atoms with Gasteiger partial charge in [-0.15, -0.1) is 12.4 Å². The van der Waals surface area contributed by atoms with Crippen LogP contribution in [0.15, 0.2) is 38.7 Å². The van der Waals surface area contributed by atoms with Crippen LogP contribution in [0.3, 0.4) is 0 Å². The number of nitrogens with zero attached hydrogens (tertiary/aromatic N) is 2. The van der Waals surface area contributed by atoms with Crippen molar-refractivity contribution in [3.05, 3.63) is 34.4 Å². The van der Waals surface area contributed by atoms with E-state index in [0.717, 1.165) is 25.8 Å². The highest BCUT2D eigenvalue weighted by molar-refractivity contribution is 9.10. The van der Waals surface area contributed by atoms with Gasteiger partial charge in [0.15, 0.2) is 0 Å². The monoisotopic (exact) mass is 333 g/mol. The number of rotatable bonds is 2. The molecule has 0 aliphatic rings. The molecule has 0 unspecified atom stereocenters. The number of nitrogens with two attached hydrogens (primary N) is 1. The van der Waals surface area contributed by atoms with E-state index >= 15 is 0 Å². The number of nitrogen functional groups attached to an aromatic ring is 1. The first kappa shape index (κ1) is 14.4. The van der Waals surface area contributed by atoms with Crippen molar-refractivity contribution >= 4 is 45.8 Å². The summed E-state index contributed by atoms with van der Waals surface area (Å²) in [5.41, 5.74) is 7.61. The minimum Gasteiger partial charge on any atom is -0.395 e. The summed E-state index contributed by atoms with van der Waals surface area (Å²) in [6.07, 6.45) is 0. The molecule has 0 bridgehead atoms. The fourth-order valence-electron chi connectivity index (χ4n) is 1.41. The first-order chi connectivity index (χ1) is 7.59. The van der Waals surface area contributed by atoms with Gasteiger partial charge in [0, 0.05) is 16.4 Å². The van der Waals surface area contributed by atoms with Crippen LogP contribution in [-0.2, 0) is 7.05 Å². The maximum Gasteiger partial charge on any atom is 0.122 e. The normalized spacial score (nSPS) is 10.1. The highest BCUT2D eigenvalue weighted by atomic mass is 79.9. The number of aromatic nitrogens is 2. The molecule has 0 saturated heterocycles. The Morgan fingerprint density at radius 3 is 2.53 bits per heavy atom. The smallest absolute Gasteiger partial charge is 0.122 e. The Kier molecular flexibility index (Phi) is 4.91. The van der Waals surface area contributed by atoms with Gasteiger partial charge in [-0.3, -0.25) is 4.68 Å². The van der Waals surface area contributed by atoms with Crippen LogP contribution >= 0.6 is 40.1 Å². The lowest BCUT2D eigenvalue weighted by atomic mass is 10.4. The van der Waals surface area contributed by atoms with Gasteiger partial charge >= 0.3 is 0 Å². The third kappa shape index (κ3) is 2.97. The van der Waals surface area contributed by atoms with E-state index in [1.54, 1.807) is 11.8 Å². The van der Waals surface area contributed by atoms with Crippen molar-refractivity contribution < 1.29 is 0 Å². The fourth-order valence-corrected chi connectivity index (χ4v) is 2.88. The molecule has 0 saturated carbocycles. The predicted molar refractivity (Wildman–Crippen MR) is 77.9 cm³/mol. The van der Waals surface area contributed by atoms with Gasteiger partial charge in [0.25, 0.3) is 0 Å². The zero-order chi connectivity index (χ0) is 11.7. The molecular formula is C11H13BrClN3S. The van der Waals surface area contributed by atoms with Crippen molar-refractivity contribution in [2.45, 2.75) is 16.8 Å². The summed E-state index contributed by atoms with van der Waals surface area (Å²) in [7, 11) is 1.91. The van der Waals surface area contributed by atoms with E-state index in [1.165, 1.54) is 0 Å². The Bertz CT molecular complexity index is 527. The van der Waals surface area contributed by atoms with Crippen LogP contribution < -0.4 is 5.73 Å². The third-order valence-corrected chi connectivity index (χ3v) is 4.46. The van der Waals surface area contributed by atoms with E-state index in [9.17, 15) is 0 Å². The minimum absolute atomic E-state index is 0. The predicted octanol–water partition coefficient (Wildman–Crippen LogP) is 3.65. The van der Waals surface area contributed by atoms with Crippen molar-refractivity contribution in [1.29, 1.82) is 0 Å². The SMILES string of the molecule is Cc1nn(C)c(Sc2ccccc2Br)c1N.Cl. The molecule has 0 fully saturated rings. The molecular weight excluding hydrogens is 322 g/mol. The van der Waals surface area contributed by atoms with Crippen molar-refractivity contribution in [1.82, 2.24) is 9.78 Å². The molecule has 92 valence electrons. The van der Waals surface area contributed by atoms with Crippen molar-refractivity contribution in [2.75, 3.05) is 5.73 Å². The zero-order valence-electron chi connectivity index (χ0n) is 9.48. The van der Waals surface area contributed by atoms with E-state index in [2.05, 4.69) is 27.1 Å². The number of hydrogen-bond donors (Lipinski definition) is 1. The average molecular weight is 335 g/mol. The Hall–Kier alpha value is -0.650. The highest BCUT2D eigenvalue weighted by Crippen LogP contribution is 2.36. The van der Waals surface area contributed by atoms with Gasteiger partial charge < -0.3 is 5.73 Å². The minimum atomic E-state index is 0. The van der Waals surface area contributed by atoms with Gasteiger partial charge in [-0.2, -0.15) is 5.10 Å². The number of halogens is 2. The van der Waals surface area contributed by atoms with Crippen LogP contribution in [0.25, 0.3) is 0 Å². The maximum absolute atomic E-state index is 5.98. The molecule has 1 aromatic heterocycles. The Balaban J connectivity index is 0.00000144. The number of aryl methyl sites for hydroxylation is 2. The van der Waals surface area contributed by atoms with Crippen molar-refractivity contribution in [2.24, 2.45) is 7.05 Å². The first-order valence-corrected chi connectivity index (χ1v) is 6.42. The Labute approximate surface area is 119 Å². The van der Waals surface area contributed by atoms with Crippen LogP contribution in [0.4, 0.5) is 5.69 Å². The molecule has 2 N–H and O–H groups in total. The van der Waals surface area contributed by atoms with Crippen LogP contribution in [0.2, 0.25) is 0 Å². The third-order valence-electron chi connectivity index (χ3n) is 2.26. The zero-order valence-corrected chi connectivity index (χ0v) is 12.7. The van der Waals surface area contributed by atoms with E-state index in [-0.39, 0.29) is 12.4 Å². The molecule has 0 aliphatic carbocycles. The lowest BCUT2D eigenvalue weighted by molar-refractivity contribution is 0.693. The van der Waals surface area contributed by atoms with Gasteiger partial charge in [-0.1, -0.05) is 23.9 Å². The lowest BCUT2D eigenvalue weighted by Gasteiger charge is -2.05. The van der Waals surface area contributed by atoms with E-state index < -0.39 is 0 Å². The molecule has 0 radical (unpaired) electrons. The summed E-state index contributed by atoms with van der Waals surface area (Å²) >= 11 is 5.14. The topological polar surface area (TPSA) is 43.8 Å². The number of anilines is 1. The second-order valence-electron chi connectivity index (χ2n) is 3.46. The molecule has 1 heterocycles. The molecule has 1 aromatic carbocycles. The van der Waals surface area contributed by atoms with Crippen LogP contribution in [0.1, 0.15) is 5.69 Å². The average Bonchev–Trinajstić information content (AvgIpc) is 2.48. The standard InChI is InChI=1S/C11H12BrN3S.ClH/c1-7-10(13)11(15(2)14-7)16-9-6-4-3-5-8(9)12;/h3-6H,13H2,1-2H3;1H. The van der Waals surface area contributed by atoms with Gasteiger partial charge in [-0.05, 0) is 35.0 Å². The van der Waals surface area contributed by atoms with Crippen molar-refractivity contribution in [3.8, 4) is 0 Å². The van der Waals surface area contributed by atoms with Gasteiger partial charge in [0.05, 0.1) is 11.4 Å².